The van der Waals surface area contributed by atoms with Crippen molar-refractivity contribution in [2.24, 2.45) is 0 Å². The largest absolute Gasteiger partial charge is 0.339 e. The molecule has 1 atom stereocenters. The minimum atomic E-state index is 0.140. The second-order valence-electron chi connectivity index (χ2n) is 6.69. The minimum absolute atomic E-state index is 0.140. The highest BCUT2D eigenvalue weighted by Crippen LogP contribution is 2.21. The van der Waals surface area contributed by atoms with E-state index < -0.39 is 0 Å². The summed E-state index contributed by atoms with van der Waals surface area (Å²) in [6.07, 6.45) is 5.54. The second-order valence-corrected chi connectivity index (χ2v) is 6.69. The Morgan fingerprint density at radius 1 is 1.12 bits per heavy atom. The summed E-state index contributed by atoms with van der Waals surface area (Å²) in [6.45, 7) is 4.37. The molecule has 6 heteroatoms. The Morgan fingerprint density at radius 2 is 1.92 bits per heavy atom. The monoisotopic (exact) mass is 325 g/mol. The number of hydrogen-bond donors (Lipinski definition) is 0. The van der Waals surface area contributed by atoms with E-state index in [0.29, 0.717) is 6.04 Å². The summed E-state index contributed by atoms with van der Waals surface area (Å²) in [7, 11) is 0. The summed E-state index contributed by atoms with van der Waals surface area (Å²) in [5.41, 5.74) is 1.83. The van der Waals surface area contributed by atoms with Gasteiger partial charge in [0.25, 0.3) is 0 Å². The van der Waals surface area contributed by atoms with Crippen LogP contribution < -0.4 is 0 Å². The molecule has 1 amide bonds. The number of rotatable bonds is 4. The highest BCUT2D eigenvalue weighted by molar-refractivity contribution is 5.76. The van der Waals surface area contributed by atoms with Crippen molar-refractivity contribution >= 4 is 5.91 Å². The van der Waals surface area contributed by atoms with Crippen LogP contribution in [0.5, 0.6) is 0 Å². The molecular weight excluding hydrogens is 302 g/mol. The predicted molar refractivity (Wildman–Crippen MR) is 91.3 cm³/mol. The Kier molecular flexibility index (Phi) is 4.30. The first-order valence-corrected chi connectivity index (χ1v) is 8.77. The number of nitrogens with zero attached hydrogens (tertiary/aromatic N) is 5. The normalized spacial score (nSPS) is 21.5. The van der Waals surface area contributed by atoms with E-state index in [2.05, 4.69) is 15.2 Å². The van der Waals surface area contributed by atoms with Crippen LogP contribution in [-0.4, -0.2) is 62.9 Å². The van der Waals surface area contributed by atoms with Gasteiger partial charge in [-0.15, -0.1) is 5.10 Å². The molecule has 2 aromatic rings. The van der Waals surface area contributed by atoms with Gasteiger partial charge in [-0.25, -0.2) is 4.68 Å². The molecule has 0 saturated carbocycles. The van der Waals surface area contributed by atoms with Gasteiger partial charge in [-0.2, -0.15) is 0 Å². The lowest BCUT2D eigenvalue weighted by atomic mass is 10.2. The van der Waals surface area contributed by atoms with Gasteiger partial charge in [0, 0.05) is 24.7 Å². The van der Waals surface area contributed by atoms with E-state index >= 15 is 0 Å². The van der Waals surface area contributed by atoms with Crippen molar-refractivity contribution < 1.29 is 4.79 Å². The molecule has 2 aliphatic rings. The average Bonchev–Trinajstić information content (AvgIpc) is 3.36. The minimum Gasteiger partial charge on any atom is -0.339 e. The number of carbonyl (C=O) groups excluding carboxylic acids is 1. The zero-order valence-electron chi connectivity index (χ0n) is 13.8. The zero-order valence-corrected chi connectivity index (χ0v) is 13.8. The van der Waals surface area contributed by atoms with Gasteiger partial charge in [-0.3, -0.25) is 9.69 Å². The zero-order chi connectivity index (χ0) is 16.4. The third kappa shape index (κ3) is 3.19. The Hall–Kier alpha value is -2.21. The molecule has 2 aliphatic heterocycles. The molecule has 0 N–H and O–H groups in total. The van der Waals surface area contributed by atoms with E-state index in [1.165, 1.54) is 25.9 Å². The predicted octanol–water partition coefficient (Wildman–Crippen LogP) is 1.64. The average molecular weight is 325 g/mol. The van der Waals surface area contributed by atoms with Crippen LogP contribution in [0.25, 0.3) is 11.3 Å². The number of benzene rings is 1. The molecule has 0 radical (unpaired) electrons. The van der Waals surface area contributed by atoms with Gasteiger partial charge in [0.15, 0.2) is 0 Å². The Morgan fingerprint density at radius 3 is 2.71 bits per heavy atom. The van der Waals surface area contributed by atoms with Crippen molar-refractivity contribution in [3.05, 3.63) is 36.5 Å². The smallest absolute Gasteiger partial charge is 0.244 e. The Balaban J connectivity index is 1.36. The van der Waals surface area contributed by atoms with Gasteiger partial charge in [0.2, 0.25) is 5.91 Å². The number of carbonyl (C=O) groups is 1. The van der Waals surface area contributed by atoms with Crippen molar-refractivity contribution in [3.8, 4) is 11.3 Å². The summed E-state index contributed by atoms with van der Waals surface area (Å²) in [6, 6.07) is 10.5. The van der Waals surface area contributed by atoms with E-state index in [4.69, 9.17) is 0 Å². The lowest BCUT2D eigenvalue weighted by Gasteiger charge is -2.23. The van der Waals surface area contributed by atoms with Crippen molar-refractivity contribution in [2.45, 2.75) is 31.8 Å². The first-order valence-electron chi connectivity index (χ1n) is 8.77. The van der Waals surface area contributed by atoms with Crippen LogP contribution >= 0.6 is 0 Å². The Bertz CT molecular complexity index is 692. The lowest BCUT2D eigenvalue weighted by molar-refractivity contribution is -0.131. The first kappa shape index (κ1) is 15.3. The molecule has 24 heavy (non-hydrogen) atoms. The topological polar surface area (TPSA) is 54.3 Å². The van der Waals surface area contributed by atoms with Gasteiger partial charge < -0.3 is 4.90 Å². The third-order valence-electron chi connectivity index (χ3n) is 5.08. The van der Waals surface area contributed by atoms with E-state index in [9.17, 15) is 4.79 Å². The summed E-state index contributed by atoms with van der Waals surface area (Å²) in [5.74, 6) is 0.140. The van der Waals surface area contributed by atoms with Crippen LogP contribution in [0.2, 0.25) is 0 Å². The molecule has 1 aromatic heterocycles. The molecule has 2 saturated heterocycles. The van der Waals surface area contributed by atoms with Crippen LogP contribution in [0.4, 0.5) is 0 Å². The fraction of sp³-hybridized carbons (Fsp3) is 0.500. The van der Waals surface area contributed by atoms with Crippen LogP contribution in [0.15, 0.2) is 36.5 Å². The van der Waals surface area contributed by atoms with Crippen LogP contribution in [0, 0.1) is 0 Å². The molecular formula is C18H23N5O. The molecule has 126 valence electrons. The van der Waals surface area contributed by atoms with Crippen LogP contribution in [0.1, 0.15) is 19.3 Å². The number of amides is 1. The molecule has 3 heterocycles. The summed E-state index contributed by atoms with van der Waals surface area (Å²) >= 11 is 0. The fourth-order valence-corrected chi connectivity index (χ4v) is 3.73. The van der Waals surface area contributed by atoms with Crippen molar-refractivity contribution in [1.29, 1.82) is 0 Å². The molecule has 0 spiro atoms. The first-order chi connectivity index (χ1) is 11.8. The van der Waals surface area contributed by atoms with Crippen LogP contribution in [-0.2, 0) is 11.3 Å². The number of likely N-dealkylation sites (tertiary alicyclic amines) is 2. The fourth-order valence-electron chi connectivity index (χ4n) is 3.73. The molecule has 2 fully saturated rings. The standard InChI is InChI=1S/C18H23N5O/c24-18(22-11-8-16(12-22)21-9-4-5-10-21)14-23-13-17(19-20-23)15-6-2-1-3-7-15/h1-3,6-7,13,16H,4-5,8-12,14H2. The van der Waals surface area contributed by atoms with Gasteiger partial charge in [-0.1, -0.05) is 35.5 Å². The molecule has 1 unspecified atom stereocenters. The van der Waals surface area contributed by atoms with Crippen molar-refractivity contribution in [3.63, 3.8) is 0 Å². The maximum atomic E-state index is 12.5. The quantitative estimate of drug-likeness (QED) is 0.857. The molecule has 4 rings (SSSR count). The molecule has 0 bridgehead atoms. The molecule has 6 nitrogen and oxygen atoms in total. The van der Waals surface area contributed by atoms with E-state index in [1.807, 2.05) is 41.4 Å². The van der Waals surface area contributed by atoms with Crippen LogP contribution in [0.3, 0.4) is 0 Å². The lowest BCUT2D eigenvalue weighted by Crippen LogP contribution is -2.38. The molecule has 1 aromatic carbocycles. The third-order valence-corrected chi connectivity index (χ3v) is 5.08. The second kappa shape index (κ2) is 6.73. The maximum absolute atomic E-state index is 12.5. The summed E-state index contributed by atoms with van der Waals surface area (Å²) in [4.78, 5) is 17.1. The van der Waals surface area contributed by atoms with Gasteiger partial charge in [0.05, 0.1) is 6.20 Å². The highest BCUT2D eigenvalue weighted by Gasteiger charge is 2.31. The number of aromatic nitrogens is 3. The maximum Gasteiger partial charge on any atom is 0.244 e. The highest BCUT2D eigenvalue weighted by atomic mass is 16.2. The van der Waals surface area contributed by atoms with E-state index in [-0.39, 0.29) is 12.5 Å². The van der Waals surface area contributed by atoms with Crippen molar-refractivity contribution in [2.75, 3.05) is 26.2 Å². The van der Waals surface area contributed by atoms with Gasteiger partial charge in [-0.05, 0) is 32.4 Å². The van der Waals surface area contributed by atoms with Gasteiger partial charge >= 0.3 is 0 Å². The number of hydrogen-bond acceptors (Lipinski definition) is 4. The summed E-state index contributed by atoms with van der Waals surface area (Å²) in [5, 5.41) is 8.29. The van der Waals surface area contributed by atoms with E-state index in [1.54, 1.807) is 4.68 Å². The van der Waals surface area contributed by atoms with Crippen molar-refractivity contribution in [1.82, 2.24) is 24.8 Å². The summed E-state index contributed by atoms with van der Waals surface area (Å²) < 4.78 is 1.65. The van der Waals surface area contributed by atoms with Gasteiger partial charge in [0.1, 0.15) is 12.2 Å². The Labute approximate surface area is 142 Å². The molecule has 0 aliphatic carbocycles. The van der Waals surface area contributed by atoms with E-state index in [0.717, 1.165) is 30.8 Å². The SMILES string of the molecule is O=C(Cn1cc(-c2ccccc2)nn1)N1CCC(N2CCCC2)C1.